The molecule has 1 amide bonds. The van der Waals surface area contributed by atoms with Gasteiger partial charge in [0.1, 0.15) is 0 Å². The number of aliphatic hydroxyl groups is 1. The molecule has 3 aromatic rings. The van der Waals surface area contributed by atoms with Gasteiger partial charge in [0.25, 0.3) is 5.91 Å². The Balaban J connectivity index is 1.82. The number of ether oxygens (including phenoxy) is 2. The first kappa shape index (κ1) is 20.7. The molecular weight excluding hydrogens is 394 g/mol. The van der Waals surface area contributed by atoms with Crippen LogP contribution in [0.15, 0.2) is 48.7 Å². The molecule has 7 nitrogen and oxygen atoms in total. The van der Waals surface area contributed by atoms with E-state index in [2.05, 4.69) is 10.4 Å². The maximum atomic E-state index is 12.8. The molecule has 0 saturated carbocycles. The summed E-state index contributed by atoms with van der Waals surface area (Å²) in [7, 11) is 1.54. The molecule has 1 heterocycles. The summed E-state index contributed by atoms with van der Waals surface area (Å²) >= 11 is 5.91. The van der Waals surface area contributed by atoms with Crippen LogP contribution < -0.4 is 14.8 Å². The molecule has 0 unspecified atom stereocenters. The quantitative estimate of drug-likeness (QED) is 0.579. The van der Waals surface area contributed by atoms with E-state index in [9.17, 15) is 9.90 Å². The molecule has 2 N–H and O–H groups in total. The third-order valence-electron chi connectivity index (χ3n) is 4.15. The molecule has 3 rings (SSSR count). The van der Waals surface area contributed by atoms with Crippen molar-refractivity contribution < 1.29 is 19.4 Å². The van der Waals surface area contributed by atoms with E-state index in [0.29, 0.717) is 34.4 Å². The first-order valence-electron chi connectivity index (χ1n) is 9.13. The molecule has 0 radical (unpaired) electrons. The van der Waals surface area contributed by atoms with Crippen molar-refractivity contribution in [3.05, 3.63) is 64.9 Å². The van der Waals surface area contributed by atoms with E-state index in [1.54, 1.807) is 48.7 Å². The number of hydrogen-bond acceptors (Lipinski definition) is 5. The second kappa shape index (κ2) is 9.45. The Morgan fingerprint density at radius 1 is 1.21 bits per heavy atom. The molecule has 0 spiro atoms. The van der Waals surface area contributed by atoms with Crippen molar-refractivity contribution in [2.24, 2.45) is 0 Å². The zero-order valence-electron chi connectivity index (χ0n) is 16.2. The third kappa shape index (κ3) is 4.88. The van der Waals surface area contributed by atoms with Crippen LogP contribution in [0.2, 0.25) is 5.02 Å². The Morgan fingerprint density at radius 2 is 1.97 bits per heavy atom. The zero-order chi connectivity index (χ0) is 20.8. The van der Waals surface area contributed by atoms with Gasteiger partial charge in [0.15, 0.2) is 17.2 Å². The van der Waals surface area contributed by atoms with Crippen LogP contribution in [0.1, 0.15) is 29.4 Å². The lowest BCUT2D eigenvalue weighted by molar-refractivity contribution is 0.101. The van der Waals surface area contributed by atoms with E-state index >= 15 is 0 Å². The predicted molar refractivity (Wildman–Crippen MR) is 111 cm³/mol. The van der Waals surface area contributed by atoms with E-state index in [0.717, 1.165) is 12.1 Å². The van der Waals surface area contributed by atoms with Gasteiger partial charge in [0.05, 0.1) is 26.0 Å². The number of benzene rings is 2. The molecule has 0 bridgehead atoms. The molecule has 0 aliphatic carbocycles. The van der Waals surface area contributed by atoms with Gasteiger partial charge in [0.2, 0.25) is 0 Å². The summed E-state index contributed by atoms with van der Waals surface area (Å²) in [6, 6.07) is 12.1. The number of nitrogens with zero attached hydrogens (tertiary/aromatic N) is 2. The highest BCUT2D eigenvalue weighted by Gasteiger charge is 2.18. The molecule has 2 aromatic carbocycles. The van der Waals surface area contributed by atoms with E-state index in [1.165, 1.54) is 11.8 Å². The second-order valence-corrected chi connectivity index (χ2v) is 6.69. The van der Waals surface area contributed by atoms with Crippen LogP contribution in [0.3, 0.4) is 0 Å². The van der Waals surface area contributed by atoms with E-state index in [1.807, 2.05) is 6.92 Å². The number of halogens is 1. The Bertz CT molecular complexity index is 986. The maximum absolute atomic E-state index is 12.8. The second-order valence-electron chi connectivity index (χ2n) is 6.25. The average molecular weight is 416 g/mol. The lowest BCUT2D eigenvalue weighted by Gasteiger charge is -2.12. The van der Waals surface area contributed by atoms with Gasteiger partial charge in [0, 0.05) is 28.5 Å². The van der Waals surface area contributed by atoms with E-state index < -0.39 is 5.91 Å². The van der Waals surface area contributed by atoms with Crippen LogP contribution in [0.4, 0.5) is 5.69 Å². The number of rotatable bonds is 8. The van der Waals surface area contributed by atoms with Crippen molar-refractivity contribution in [3.63, 3.8) is 0 Å². The van der Waals surface area contributed by atoms with Crippen LogP contribution in [-0.2, 0) is 6.61 Å². The smallest absolute Gasteiger partial charge is 0.276 e. The number of aromatic nitrogens is 2. The highest BCUT2D eigenvalue weighted by Crippen LogP contribution is 2.30. The van der Waals surface area contributed by atoms with Crippen LogP contribution in [0.25, 0.3) is 5.69 Å². The van der Waals surface area contributed by atoms with Gasteiger partial charge in [-0.2, -0.15) is 5.10 Å². The number of anilines is 1. The van der Waals surface area contributed by atoms with Crippen LogP contribution in [0.5, 0.6) is 11.5 Å². The standard InChI is InChI=1S/C21H22ClN3O4/c1-3-10-29-18-9-6-16(11-19(18)28-2)23-21(27)20-14(13-26)12-25(24-20)17-7-4-15(22)5-8-17/h4-9,11-12,26H,3,10,13H2,1-2H3,(H,23,27). The summed E-state index contributed by atoms with van der Waals surface area (Å²) < 4.78 is 12.5. The summed E-state index contributed by atoms with van der Waals surface area (Å²) in [6.07, 6.45) is 2.49. The Hall–Kier alpha value is -3.03. The molecule has 29 heavy (non-hydrogen) atoms. The molecule has 0 saturated heterocycles. The first-order valence-corrected chi connectivity index (χ1v) is 9.51. The summed E-state index contributed by atoms with van der Waals surface area (Å²) in [5.74, 6) is 0.687. The third-order valence-corrected chi connectivity index (χ3v) is 4.40. The summed E-state index contributed by atoms with van der Waals surface area (Å²) in [4.78, 5) is 12.8. The SMILES string of the molecule is CCCOc1ccc(NC(=O)c2nn(-c3ccc(Cl)cc3)cc2CO)cc1OC. The highest BCUT2D eigenvalue weighted by molar-refractivity contribution is 6.30. The van der Waals surface area contributed by atoms with Crippen LogP contribution in [-0.4, -0.2) is 34.5 Å². The lowest BCUT2D eigenvalue weighted by Crippen LogP contribution is -2.15. The largest absolute Gasteiger partial charge is 0.493 e. The minimum atomic E-state index is -0.439. The molecule has 1 aromatic heterocycles. The van der Waals surface area contributed by atoms with Crippen LogP contribution in [0, 0.1) is 0 Å². The molecule has 0 aliphatic heterocycles. The van der Waals surface area contributed by atoms with E-state index in [-0.39, 0.29) is 12.3 Å². The van der Waals surface area contributed by atoms with Gasteiger partial charge in [-0.05, 0) is 42.8 Å². The number of nitrogens with one attached hydrogen (secondary N) is 1. The summed E-state index contributed by atoms with van der Waals surface area (Å²) in [5.41, 5.74) is 1.79. The van der Waals surface area contributed by atoms with Gasteiger partial charge in [-0.25, -0.2) is 4.68 Å². The monoisotopic (exact) mass is 415 g/mol. The van der Waals surface area contributed by atoms with Crippen LogP contribution >= 0.6 is 11.6 Å². The number of amides is 1. The highest BCUT2D eigenvalue weighted by atomic mass is 35.5. The number of carbonyl (C=O) groups excluding carboxylic acids is 1. The Labute approximate surface area is 173 Å². The summed E-state index contributed by atoms with van der Waals surface area (Å²) in [5, 5.41) is 17.4. The number of hydrogen-bond donors (Lipinski definition) is 2. The first-order chi connectivity index (χ1) is 14.0. The minimum absolute atomic E-state index is 0.132. The van der Waals surface area contributed by atoms with E-state index in [4.69, 9.17) is 21.1 Å². The van der Waals surface area contributed by atoms with Gasteiger partial charge in [-0.3, -0.25) is 4.79 Å². The predicted octanol–water partition coefficient (Wildman–Crippen LogP) is 4.07. The summed E-state index contributed by atoms with van der Waals surface area (Å²) in [6.45, 7) is 2.27. The molecule has 0 fully saturated rings. The Morgan fingerprint density at radius 3 is 2.62 bits per heavy atom. The van der Waals surface area contributed by atoms with Crippen molar-refractivity contribution in [2.45, 2.75) is 20.0 Å². The topological polar surface area (TPSA) is 85.6 Å². The zero-order valence-corrected chi connectivity index (χ0v) is 16.9. The van der Waals surface area contributed by atoms with Crippen molar-refractivity contribution in [2.75, 3.05) is 19.0 Å². The lowest BCUT2D eigenvalue weighted by atomic mass is 10.2. The average Bonchev–Trinajstić information content (AvgIpc) is 3.18. The van der Waals surface area contributed by atoms with Gasteiger partial charge in [-0.15, -0.1) is 0 Å². The molecular formula is C21H22ClN3O4. The van der Waals surface area contributed by atoms with Gasteiger partial charge in [-0.1, -0.05) is 18.5 Å². The molecule has 152 valence electrons. The van der Waals surface area contributed by atoms with Crippen molar-refractivity contribution in [3.8, 4) is 17.2 Å². The number of carbonyl (C=O) groups is 1. The van der Waals surface area contributed by atoms with Crippen molar-refractivity contribution in [1.29, 1.82) is 0 Å². The number of aliphatic hydroxyl groups excluding tert-OH is 1. The fourth-order valence-electron chi connectivity index (χ4n) is 2.71. The maximum Gasteiger partial charge on any atom is 0.276 e. The van der Waals surface area contributed by atoms with Gasteiger partial charge < -0.3 is 19.9 Å². The molecule has 0 atom stereocenters. The normalized spacial score (nSPS) is 10.6. The molecule has 8 heteroatoms. The Kier molecular flexibility index (Phi) is 6.74. The fraction of sp³-hybridized carbons (Fsp3) is 0.238. The fourth-order valence-corrected chi connectivity index (χ4v) is 2.84. The molecule has 0 aliphatic rings. The minimum Gasteiger partial charge on any atom is -0.493 e. The number of methoxy groups -OCH3 is 1. The van der Waals surface area contributed by atoms with Crippen molar-refractivity contribution >= 4 is 23.2 Å². The van der Waals surface area contributed by atoms with Crippen molar-refractivity contribution in [1.82, 2.24) is 9.78 Å². The van der Waals surface area contributed by atoms with Gasteiger partial charge >= 0.3 is 0 Å².